The average molecular weight is 270 g/mol. The molecule has 0 fully saturated rings. The van der Waals surface area contributed by atoms with Crippen LogP contribution in [0, 0.1) is 0 Å². The van der Waals surface area contributed by atoms with E-state index in [1.165, 1.54) is 0 Å². The van der Waals surface area contributed by atoms with E-state index in [2.05, 4.69) is 0 Å². The van der Waals surface area contributed by atoms with E-state index in [9.17, 15) is 9.90 Å². The highest BCUT2D eigenvalue weighted by atomic mass is 16.5. The molecule has 1 atom stereocenters. The SMILES string of the molecule is CCOc1ccc(CC(C(=O)O)c2ccccc2)cc1. The maximum atomic E-state index is 11.4. The number of aliphatic carboxylic acids is 1. The van der Waals surface area contributed by atoms with Crippen LogP contribution in [0.4, 0.5) is 0 Å². The zero-order valence-electron chi connectivity index (χ0n) is 11.5. The second kappa shape index (κ2) is 6.75. The van der Waals surface area contributed by atoms with E-state index in [1.54, 1.807) is 0 Å². The van der Waals surface area contributed by atoms with Crippen LogP contribution in [0.3, 0.4) is 0 Å². The molecule has 2 rings (SSSR count). The minimum Gasteiger partial charge on any atom is -0.494 e. The Bertz CT molecular complexity index is 546. The van der Waals surface area contributed by atoms with Crippen LogP contribution >= 0.6 is 0 Å². The largest absolute Gasteiger partial charge is 0.494 e. The first-order valence-corrected chi connectivity index (χ1v) is 6.70. The number of carbonyl (C=O) groups is 1. The summed E-state index contributed by atoms with van der Waals surface area (Å²) in [6.07, 6.45) is 0.478. The van der Waals surface area contributed by atoms with Crippen molar-refractivity contribution in [1.82, 2.24) is 0 Å². The Morgan fingerprint density at radius 3 is 2.30 bits per heavy atom. The fraction of sp³-hybridized carbons (Fsp3) is 0.235. The molecule has 0 aliphatic carbocycles. The Balaban J connectivity index is 2.14. The number of carboxylic acids is 1. The molecular formula is C17H18O3. The van der Waals surface area contributed by atoms with Crippen molar-refractivity contribution >= 4 is 5.97 Å². The zero-order chi connectivity index (χ0) is 14.4. The second-order valence-corrected chi connectivity index (χ2v) is 4.58. The molecule has 0 aliphatic heterocycles. The molecule has 0 saturated heterocycles. The summed E-state index contributed by atoms with van der Waals surface area (Å²) < 4.78 is 5.38. The number of hydrogen-bond acceptors (Lipinski definition) is 2. The van der Waals surface area contributed by atoms with Crippen LogP contribution in [0.25, 0.3) is 0 Å². The van der Waals surface area contributed by atoms with Crippen molar-refractivity contribution in [1.29, 1.82) is 0 Å². The van der Waals surface area contributed by atoms with Gasteiger partial charge in [0.05, 0.1) is 12.5 Å². The van der Waals surface area contributed by atoms with Crippen molar-refractivity contribution in [3.8, 4) is 5.75 Å². The molecule has 0 bridgehead atoms. The van der Waals surface area contributed by atoms with Gasteiger partial charge in [-0.1, -0.05) is 42.5 Å². The van der Waals surface area contributed by atoms with Crippen LogP contribution in [-0.2, 0) is 11.2 Å². The van der Waals surface area contributed by atoms with Gasteiger partial charge in [-0.15, -0.1) is 0 Å². The van der Waals surface area contributed by atoms with Crippen molar-refractivity contribution in [2.24, 2.45) is 0 Å². The molecule has 1 unspecified atom stereocenters. The average Bonchev–Trinajstić information content (AvgIpc) is 2.47. The van der Waals surface area contributed by atoms with Crippen LogP contribution in [0.5, 0.6) is 5.75 Å². The van der Waals surface area contributed by atoms with Crippen LogP contribution in [0.2, 0.25) is 0 Å². The van der Waals surface area contributed by atoms with Crippen molar-refractivity contribution < 1.29 is 14.6 Å². The fourth-order valence-corrected chi connectivity index (χ4v) is 2.16. The summed E-state index contributed by atoms with van der Waals surface area (Å²) in [5.41, 5.74) is 1.82. The predicted molar refractivity (Wildman–Crippen MR) is 78.1 cm³/mol. The van der Waals surface area contributed by atoms with Crippen LogP contribution in [-0.4, -0.2) is 17.7 Å². The lowest BCUT2D eigenvalue weighted by molar-refractivity contribution is -0.138. The maximum absolute atomic E-state index is 11.4. The predicted octanol–water partition coefficient (Wildman–Crippen LogP) is 3.50. The van der Waals surface area contributed by atoms with E-state index in [4.69, 9.17) is 4.74 Å². The van der Waals surface area contributed by atoms with Crippen LogP contribution in [0.15, 0.2) is 54.6 Å². The highest BCUT2D eigenvalue weighted by Gasteiger charge is 2.19. The minimum atomic E-state index is -0.801. The summed E-state index contributed by atoms with van der Waals surface area (Å²) in [5, 5.41) is 9.40. The molecule has 0 saturated carbocycles. The first-order chi connectivity index (χ1) is 9.70. The van der Waals surface area contributed by atoms with E-state index in [1.807, 2.05) is 61.5 Å². The summed E-state index contributed by atoms with van der Waals surface area (Å²) >= 11 is 0. The normalized spacial score (nSPS) is 11.8. The lowest BCUT2D eigenvalue weighted by Gasteiger charge is -2.13. The summed E-state index contributed by atoms with van der Waals surface area (Å²) in [6, 6.07) is 16.9. The van der Waals surface area contributed by atoms with Gasteiger partial charge in [0.2, 0.25) is 0 Å². The van der Waals surface area contributed by atoms with E-state index < -0.39 is 11.9 Å². The molecule has 1 N–H and O–H groups in total. The maximum Gasteiger partial charge on any atom is 0.311 e. The molecule has 0 spiro atoms. The Kier molecular flexibility index (Phi) is 4.77. The monoisotopic (exact) mass is 270 g/mol. The summed E-state index contributed by atoms with van der Waals surface area (Å²) in [4.78, 5) is 11.4. The van der Waals surface area contributed by atoms with E-state index in [-0.39, 0.29) is 0 Å². The van der Waals surface area contributed by atoms with Gasteiger partial charge in [-0.05, 0) is 36.6 Å². The van der Waals surface area contributed by atoms with E-state index >= 15 is 0 Å². The minimum absolute atomic E-state index is 0.478. The highest BCUT2D eigenvalue weighted by Crippen LogP contribution is 2.22. The lowest BCUT2D eigenvalue weighted by atomic mass is 9.92. The molecule has 2 aromatic rings. The van der Waals surface area contributed by atoms with Gasteiger partial charge in [0.15, 0.2) is 0 Å². The van der Waals surface area contributed by atoms with Gasteiger partial charge in [0.25, 0.3) is 0 Å². The molecule has 0 heterocycles. The van der Waals surface area contributed by atoms with Gasteiger partial charge >= 0.3 is 5.97 Å². The van der Waals surface area contributed by atoms with Crippen LogP contribution in [0.1, 0.15) is 24.0 Å². The van der Waals surface area contributed by atoms with E-state index in [0.717, 1.165) is 16.9 Å². The molecular weight excluding hydrogens is 252 g/mol. The molecule has 104 valence electrons. The third kappa shape index (κ3) is 3.60. The second-order valence-electron chi connectivity index (χ2n) is 4.58. The smallest absolute Gasteiger partial charge is 0.311 e. The first-order valence-electron chi connectivity index (χ1n) is 6.70. The summed E-state index contributed by atoms with van der Waals surface area (Å²) in [7, 11) is 0. The van der Waals surface area contributed by atoms with Gasteiger partial charge in [0.1, 0.15) is 5.75 Å². The molecule has 3 nitrogen and oxygen atoms in total. The molecule has 0 aliphatic rings. The number of benzene rings is 2. The fourth-order valence-electron chi connectivity index (χ4n) is 2.16. The highest BCUT2D eigenvalue weighted by molar-refractivity contribution is 5.76. The summed E-state index contributed by atoms with van der Waals surface area (Å²) in [6.45, 7) is 2.56. The molecule has 0 aromatic heterocycles. The molecule has 20 heavy (non-hydrogen) atoms. The first kappa shape index (κ1) is 14.1. The Morgan fingerprint density at radius 1 is 1.10 bits per heavy atom. The van der Waals surface area contributed by atoms with Crippen molar-refractivity contribution in [2.45, 2.75) is 19.3 Å². The molecule has 0 amide bonds. The van der Waals surface area contributed by atoms with Crippen LogP contribution < -0.4 is 4.74 Å². The van der Waals surface area contributed by atoms with Gasteiger partial charge in [0, 0.05) is 0 Å². The topological polar surface area (TPSA) is 46.5 Å². The molecule has 2 aromatic carbocycles. The Morgan fingerprint density at radius 2 is 1.75 bits per heavy atom. The third-order valence-corrected chi connectivity index (χ3v) is 3.17. The number of ether oxygens (including phenoxy) is 1. The third-order valence-electron chi connectivity index (χ3n) is 3.17. The Hall–Kier alpha value is -2.29. The van der Waals surface area contributed by atoms with Gasteiger partial charge in [-0.25, -0.2) is 0 Å². The van der Waals surface area contributed by atoms with Gasteiger partial charge < -0.3 is 9.84 Å². The van der Waals surface area contributed by atoms with Gasteiger partial charge in [-0.3, -0.25) is 4.79 Å². The van der Waals surface area contributed by atoms with Crippen molar-refractivity contribution in [3.05, 3.63) is 65.7 Å². The zero-order valence-corrected chi connectivity index (χ0v) is 11.5. The van der Waals surface area contributed by atoms with Gasteiger partial charge in [-0.2, -0.15) is 0 Å². The number of carboxylic acid groups (broad SMARTS) is 1. The van der Waals surface area contributed by atoms with Crippen molar-refractivity contribution in [2.75, 3.05) is 6.61 Å². The standard InChI is InChI=1S/C17H18O3/c1-2-20-15-10-8-13(9-11-15)12-16(17(18)19)14-6-4-3-5-7-14/h3-11,16H,2,12H2,1H3,(H,18,19). The summed E-state index contributed by atoms with van der Waals surface area (Å²) in [5.74, 6) is -0.512. The number of hydrogen-bond donors (Lipinski definition) is 1. The molecule has 0 radical (unpaired) electrons. The van der Waals surface area contributed by atoms with E-state index in [0.29, 0.717) is 13.0 Å². The molecule has 3 heteroatoms. The number of rotatable bonds is 6. The van der Waals surface area contributed by atoms with Crippen molar-refractivity contribution in [3.63, 3.8) is 0 Å². The Labute approximate surface area is 118 Å². The lowest BCUT2D eigenvalue weighted by Crippen LogP contribution is -2.14. The quantitative estimate of drug-likeness (QED) is 0.874.